The topological polar surface area (TPSA) is 0 Å². The summed E-state index contributed by atoms with van der Waals surface area (Å²) in [5, 5.41) is 2.51. The highest BCUT2D eigenvalue weighted by atomic mass is 79.9. The first-order chi connectivity index (χ1) is 4.43. The van der Waals surface area contributed by atoms with Gasteiger partial charge in [0.15, 0.2) is 0 Å². The molecule has 1 aromatic carbocycles. The molecule has 0 radical (unpaired) electrons. The lowest BCUT2D eigenvalue weighted by Crippen LogP contribution is -1.89. The van der Waals surface area contributed by atoms with Crippen LogP contribution in [0.2, 0.25) is 0 Å². The van der Waals surface area contributed by atoms with Crippen LogP contribution in [0.4, 0.5) is 0 Å². The van der Waals surface area contributed by atoms with Gasteiger partial charge in [-0.15, -0.1) is 0 Å². The van der Waals surface area contributed by atoms with Crippen LogP contribution in [0.5, 0.6) is 0 Å². The van der Waals surface area contributed by atoms with E-state index in [0.29, 0.717) is 0 Å². The molecule has 0 aliphatic rings. The summed E-state index contributed by atoms with van der Waals surface area (Å²) < 4.78 is 0. The Hall–Kier alpha value is 0.130. The third-order valence-electron chi connectivity index (χ3n) is 1.04. The molecule has 0 bridgehead atoms. The number of alkyl halides is 1. The van der Waals surface area contributed by atoms with Crippen LogP contribution in [0.3, 0.4) is 0 Å². The molecule has 0 N–H and O–H groups in total. The normalized spacial score (nSPS) is 10.8. The second-order valence-electron chi connectivity index (χ2n) is 1.68. The third kappa shape index (κ3) is 2.47. The molecule has 2 heteroatoms. The number of halogens is 1. The zero-order valence-corrected chi connectivity index (χ0v) is 7.56. The van der Waals surface area contributed by atoms with Crippen LogP contribution in [0.1, 0.15) is 0 Å². The van der Waals surface area contributed by atoms with Crippen molar-refractivity contribution in [2.24, 2.45) is 0 Å². The van der Waals surface area contributed by atoms with E-state index in [9.17, 15) is 0 Å². The van der Waals surface area contributed by atoms with Crippen molar-refractivity contribution >= 4 is 29.8 Å². The van der Waals surface area contributed by atoms with Crippen molar-refractivity contribution in [3.63, 3.8) is 0 Å². The molecular formula is C7H8BrP. The average molecular weight is 203 g/mol. The van der Waals surface area contributed by atoms with Gasteiger partial charge in [0.2, 0.25) is 0 Å². The molecule has 0 heterocycles. The van der Waals surface area contributed by atoms with Gasteiger partial charge in [-0.25, -0.2) is 0 Å². The summed E-state index contributed by atoms with van der Waals surface area (Å²) in [6.07, 6.45) is 0. The van der Waals surface area contributed by atoms with Crippen LogP contribution in [-0.4, -0.2) is 5.07 Å². The van der Waals surface area contributed by atoms with Crippen LogP contribution < -0.4 is 5.30 Å². The molecule has 0 aromatic heterocycles. The maximum absolute atomic E-state index is 3.40. The van der Waals surface area contributed by atoms with Crippen molar-refractivity contribution in [3.05, 3.63) is 30.3 Å². The van der Waals surface area contributed by atoms with E-state index in [-0.39, 0.29) is 0 Å². The first-order valence-corrected chi connectivity index (χ1v) is 5.11. The van der Waals surface area contributed by atoms with Gasteiger partial charge in [-0.05, 0) is 5.30 Å². The molecule has 1 aromatic rings. The first kappa shape index (κ1) is 7.24. The molecule has 1 rings (SSSR count). The van der Waals surface area contributed by atoms with Gasteiger partial charge in [-0.3, -0.25) is 0 Å². The van der Waals surface area contributed by atoms with E-state index in [0.717, 1.165) is 13.7 Å². The number of hydrogen-bond acceptors (Lipinski definition) is 0. The Kier molecular flexibility index (Phi) is 3.24. The highest BCUT2D eigenvalue weighted by Gasteiger charge is 1.84. The van der Waals surface area contributed by atoms with Crippen LogP contribution in [0.15, 0.2) is 30.3 Å². The third-order valence-corrected chi connectivity index (χ3v) is 2.76. The Morgan fingerprint density at radius 2 is 1.89 bits per heavy atom. The van der Waals surface area contributed by atoms with Crippen LogP contribution in [0.25, 0.3) is 0 Å². The van der Waals surface area contributed by atoms with Crippen LogP contribution in [-0.2, 0) is 0 Å². The minimum atomic E-state index is 0.904. The van der Waals surface area contributed by atoms with E-state index in [1.807, 2.05) is 6.07 Å². The van der Waals surface area contributed by atoms with Crippen molar-refractivity contribution in [3.8, 4) is 0 Å². The first-order valence-electron chi connectivity index (χ1n) is 2.78. The molecule has 0 fully saturated rings. The second kappa shape index (κ2) is 4.03. The molecule has 1 unspecified atom stereocenters. The highest BCUT2D eigenvalue weighted by molar-refractivity contribution is 9.10. The Morgan fingerprint density at radius 1 is 1.22 bits per heavy atom. The molecule has 0 aliphatic carbocycles. The lowest BCUT2D eigenvalue weighted by Gasteiger charge is -1.93. The highest BCUT2D eigenvalue weighted by Crippen LogP contribution is 2.11. The van der Waals surface area contributed by atoms with Gasteiger partial charge >= 0.3 is 0 Å². The molecule has 0 saturated heterocycles. The zero-order valence-electron chi connectivity index (χ0n) is 4.97. The summed E-state index contributed by atoms with van der Waals surface area (Å²) in [6, 6.07) is 10.5. The van der Waals surface area contributed by atoms with E-state index < -0.39 is 0 Å². The number of hydrogen-bond donors (Lipinski definition) is 0. The molecule has 1 atom stereocenters. The van der Waals surface area contributed by atoms with E-state index in [1.54, 1.807) is 0 Å². The monoisotopic (exact) mass is 202 g/mol. The molecule has 0 nitrogen and oxygen atoms in total. The minimum absolute atomic E-state index is 0.904. The molecule has 0 spiro atoms. The Labute approximate surface area is 65.6 Å². The van der Waals surface area contributed by atoms with E-state index in [4.69, 9.17) is 0 Å². The summed E-state index contributed by atoms with van der Waals surface area (Å²) in [5.41, 5.74) is 0. The largest absolute Gasteiger partial charge is 0.0876 e. The Morgan fingerprint density at radius 3 is 2.44 bits per heavy atom. The predicted octanol–water partition coefficient (Wildman–Crippen LogP) is 2.34. The van der Waals surface area contributed by atoms with Crippen LogP contribution >= 0.6 is 24.5 Å². The lowest BCUT2D eigenvalue weighted by atomic mass is 10.4. The molecular weight excluding hydrogens is 195 g/mol. The van der Waals surface area contributed by atoms with E-state index in [2.05, 4.69) is 40.2 Å². The van der Waals surface area contributed by atoms with Crippen molar-refractivity contribution in [2.75, 3.05) is 5.07 Å². The predicted molar refractivity (Wildman–Crippen MR) is 48.2 cm³/mol. The maximum atomic E-state index is 3.40. The summed E-state index contributed by atoms with van der Waals surface area (Å²) in [7, 11) is 0.904. The van der Waals surface area contributed by atoms with Gasteiger partial charge in [0.05, 0.1) is 0 Å². The summed E-state index contributed by atoms with van der Waals surface area (Å²) >= 11 is 3.40. The van der Waals surface area contributed by atoms with Crippen molar-refractivity contribution in [1.82, 2.24) is 0 Å². The second-order valence-corrected chi connectivity index (χ2v) is 4.56. The van der Waals surface area contributed by atoms with Crippen molar-refractivity contribution in [2.45, 2.75) is 0 Å². The Bertz CT molecular complexity index is 162. The van der Waals surface area contributed by atoms with Crippen molar-refractivity contribution in [1.29, 1.82) is 0 Å². The average Bonchev–Trinajstić information content (AvgIpc) is 1.91. The number of rotatable bonds is 2. The summed E-state index contributed by atoms with van der Waals surface area (Å²) in [4.78, 5) is 0. The van der Waals surface area contributed by atoms with Gasteiger partial charge in [0.1, 0.15) is 0 Å². The fourth-order valence-electron chi connectivity index (χ4n) is 0.633. The molecule has 48 valence electrons. The molecule has 9 heavy (non-hydrogen) atoms. The van der Waals surface area contributed by atoms with Gasteiger partial charge in [-0.1, -0.05) is 54.8 Å². The molecule has 0 amide bonds. The van der Waals surface area contributed by atoms with Crippen LogP contribution in [0, 0.1) is 0 Å². The number of benzene rings is 1. The molecule has 0 aliphatic heterocycles. The lowest BCUT2D eigenvalue weighted by molar-refractivity contribution is 1.78. The van der Waals surface area contributed by atoms with Crippen molar-refractivity contribution < 1.29 is 0 Å². The van der Waals surface area contributed by atoms with E-state index >= 15 is 0 Å². The maximum Gasteiger partial charge on any atom is 0.0248 e. The molecule has 0 saturated carbocycles. The van der Waals surface area contributed by atoms with Gasteiger partial charge in [0, 0.05) is 5.07 Å². The quantitative estimate of drug-likeness (QED) is 0.511. The van der Waals surface area contributed by atoms with Gasteiger partial charge < -0.3 is 0 Å². The minimum Gasteiger partial charge on any atom is -0.0876 e. The zero-order chi connectivity index (χ0) is 6.53. The van der Waals surface area contributed by atoms with Gasteiger partial charge in [-0.2, -0.15) is 0 Å². The van der Waals surface area contributed by atoms with Gasteiger partial charge in [0.25, 0.3) is 0 Å². The Balaban J connectivity index is 2.61. The SMILES string of the molecule is BrCPc1ccccc1. The standard InChI is InChI=1S/C7H8BrP/c8-6-9-7-4-2-1-3-5-7/h1-5,9H,6H2. The summed E-state index contributed by atoms with van der Waals surface area (Å²) in [5.74, 6) is 0. The summed E-state index contributed by atoms with van der Waals surface area (Å²) in [6.45, 7) is 0. The van der Waals surface area contributed by atoms with E-state index in [1.165, 1.54) is 5.30 Å². The fraction of sp³-hybridized carbons (Fsp3) is 0.143. The fourth-order valence-corrected chi connectivity index (χ4v) is 2.19. The smallest absolute Gasteiger partial charge is 0.0248 e.